The molecule has 35 heavy (non-hydrogen) atoms. The van der Waals surface area contributed by atoms with Gasteiger partial charge in [0.25, 0.3) is 0 Å². The molecule has 1 aliphatic carbocycles. The van der Waals surface area contributed by atoms with E-state index in [1.54, 1.807) is 0 Å². The van der Waals surface area contributed by atoms with Crippen molar-refractivity contribution in [3.8, 4) is 11.1 Å². The highest BCUT2D eigenvalue weighted by molar-refractivity contribution is 6.30. The summed E-state index contributed by atoms with van der Waals surface area (Å²) < 4.78 is 5.47. The Morgan fingerprint density at radius 2 is 1.60 bits per heavy atom. The molecule has 7 nitrogen and oxygen atoms in total. The lowest BCUT2D eigenvalue weighted by Gasteiger charge is -2.21. The number of ether oxygens (including phenoxy) is 1. The van der Waals surface area contributed by atoms with Gasteiger partial charge in [-0.1, -0.05) is 66.2 Å². The van der Waals surface area contributed by atoms with Crippen LogP contribution in [-0.2, 0) is 16.0 Å². The lowest BCUT2D eigenvalue weighted by atomic mass is 9.95. The number of hydrogen-bond donors (Lipinski definition) is 4. The molecule has 3 aromatic rings. The zero-order valence-electron chi connectivity index (χ0n) is 18.9. The molecule has 0 aliphatic heterocycles. The fraction of sp³-hybridized carbons (Fsp3) is 0.259. The number of carbonyl (C=O) groups is 2. The largest absolute Gasteiger partial charge is 0.481 e. The third-order valence-electron chi connectivity index (χ3n) is 6.18. The molecule has 0 saturated carbocycles. The number of aliphatic carboxylic acids is 1. The van der Waals surface area contributed by atoms with Crippen LogP contribution >= 0.6 is 11.6 Å². The van der Waals surface area contributed by atoms with Gasteiger partial charge in [-0.2, -0.15) is 0 Å². The first kappa shape index (κ1) is 24.7. The van der Waals surface area contributed by atoms with Crippen molar-refractivity contribution in [3.63, 3.8) is 0 Å². The number of hydrogen-bond acceptors (Lipinski definition) is 5. The lowest BCUT2D eigenvalue weighted by molar-refractivity contribution is -0.136. The van der Waals surface area contributed by atoms with Crippen molar-refractivity contribution in [1.82, 2.24) is 5.32 Å². The molecular formula is C27H26ClNO6. The number of halogens is 1. The molecular weight excluding hydrogens is 470 g/mol. The maximum Gasteiger partial charge on any atom is 0.407 e. The van der Waals surface area contributed by atoms with Gasteiger partial charge in [-0.15, -0.1) is 0 Å². The van der Waals surface area contributed by atoms with Crippen molar-refractivity contribution in [2.45, 2.75) is 31.0 Å². The van der Waals surface area contributed by atoms with E-state index in [0.29, 0.717) is 10.6 Å². The monoisotopic (exact) mass is 495 g/mol. The van der Waals surface area contributed by atoms with Crippen LogP contribution in [0.2, 0.25) is 5.02 Å². The fourth-order valence-electron chi connectivity index (χ4n) is 4.52. The molecule has 0 spiro atoms. The van der Waals surface area contributed by atoms with Gasteiger partial charge in [0, 0.05) is 17.5 Å². The number of amides is 1. The molecule has 0 aromatic heterocycles. The standard InChI is InChI=1S/C27H26ClNO6/c28-17-9-10-18(16(13-17)14-25(31)32)26(33)24(30)11-12-29-27(34)35-15-23-21-7-3-1-5-19(21)20-6-2-4-8-22(20)23/h1-10,13,23-24,26,30,33H,11-12,14-15H2,(H,29,34)(H,31,32). The summed E-state index contributed by atoms with van der Waals surface area (Å²) >= 11 is 5.94. The Hall–Kier alpha value is -3.39. The molecule has 0 fully saturated rings. The molecule has 1 aliphatic rings. The van der Waals surface area contributed by atoms with Crippen LogP contribution in [0, 0.1) is 0 Å². The minimum Gasteiger partial charge on any atom is -0.481 e. The summed E-state index contributed by atoms with van der Waals surface area (Å²) in [5.74, 6) is -1.13. The van der Waals surface area contributed by atoms with Crippen molar-refractivity contribution in [1.29, 1.82) is 0 Å². The molecule has 0 heterocycles. The van der Waals surface area contributed by atoms with Crippen molar-refractivity contribution < 1.29 is 29.6 Å². The minimum atomic E-state index is -1.33. The first-order valence-corrected chi connectivity index (χ1v) is 11.7. The molecule has 0 saturated heterocycles. The molecule has 8 heteroatoms. The highest BCUT2D eigenvalue weighted by atomic mass is 35.5. The molecule has 1 amide bonds. The Balaban J connectivity index is 1.30. The van der Waals surface area contributed by atoms with E-state index in [4.69, 9.17) is 21.4 Å². The van der Waals surface area contributed by atoms with Gasteiger partial charge in [0.05, 0.1) is 12.5 Å². The van der Waals surface area contributed by atoms with E-state index in [2.05, 4.69) is 17.4 Å². The minimum absolute atomic E-state index is 0.0422. The van der Waals surface area contributed by atoms with E-state index in [-0.39, 0.29) is 37.5 Å². The molecule has 4 rings (SSSR count). The van der Waals surface area contributed by atoms with E-state index in [1.165, 1.54) is 18.2 Å². The Labute approximate surface area is 207 Å². The Bertz CT molecular complexity index is 1180. The Morgan fingerprint density at radius 3 is 2.23 bits per heavy atom. The van der Waals surface area contributed by atoms with Gasteiger partial charge in [0.2, 0.25) is 0 Å². The number of benzene rings is 3. The third-order valence-corrected chi connectivity index (χ3v) is 6.42. The number of alkyl carbamates (subject to hydrolysis) is 1. The second-order valence-electron chi connectivity index (χ2n) is 8.47. The Kier molecular flexibility index (Phi) is 7.70. The number of carbonyl (C=O) groups excluding carboxylic acids is 1. The molecule has 2 unspecified atom stereocenters. The molecule has 2 atom stereocenters. The van der Waals surface area contributed by atoms with Crippen LogP contribution in [0.15, 0.2) is 66.7 Å². The van der Waals surface area contributed by atoms with Crippen LogP contribution in [0.3, 0.4) is 0 Å². The van der Waals surface area contributed by atoms with Crippen LogP contribution in [0.4, 0.5) is 4.79 Å². The predicted octanol–water partition coefficient (Wildman–Crippen LogP) is 4.29. The van der Waals surface area contributed by atoms with Crippen LogP contribution < -0.4 is 5.32 Å². The number of aliphatic hydroxyl groups excluding tert-OH is 2. The van der Waals surface area contributed by atoms with Gasteiger partial charge in [-0.3, -0.25) is 4.79 Å². The summed E-state index contributed by atoms with van der Waals surface area (Å²) in [4.78, 5) is 23.4. The van der Waals surface area contributed by atoms with Crippen molar-refractivity contribution >= 4 is 23.7 Å². The van der Waals surface area contributed by atoms with Crippen molar-refractivity contribution in [2.24, 2.45) is 0 Å². The number of carboxylic acids is 1. The number of nitrogens with one attached hydrogen (secondary N) is 1. The van der Waals surface area contributed by atoms with E-state index in [9.17, 15) is 19.8 Å². The summed E-state index contributed by atoms with van der Waals surface area (Å²) in [6.45, 7) is 0.241. The van der Waals surface area contributed by atoms with Crippen LogP contribution in [0.25, 0.3) is 11.1 Å². The maximum atomic E-state index is 12.3. The highest BCUT2D eigenvalue weighted by Crippen LogP contribution is 2.44. The number of aliphatic hydroxyl groups is 2. The zero-order chi connectivity index (χ0) is 24.9. The zero-order valence-corrected chi connectivity index (χ0v) is 19.6. The quantitative estimate of drug-likeness (QED) is 0.352. The van der Waals surface area contributed by atoms with Gasteiger partial charge in [-0.05, 0) is 51.9 Å². The number of fused-ring (bicyclic) bond motifs is 3. The smallest absolute Gasteiger partial charge is 0.407 e. The maximum absolute atomic E-state index is 12.3. The van der Waals surface area contributed by atoms with E-state index < -0.39 is 24.3 Å². The summed E-state index contributed by atoms with van der Waals surface area (Å²) in [5.41, 5.74) is 5.10. The van der Waals surface area contributed by atoms with Gasteiger partial charge in [0.1, 0.15) is 12.7 Å². The first-order chi connectivity index (χ1) is 16.8. The fourth-order valence-corrected chi connectivity index (χ4v) is 4.71. The topological polar surface area (TPSA) is 116 Å². The summed E-state index contributed by atoms with van der Waals surface area (Å²) in [7, 11) is 0. The molecule has 182 valence electrons. The molecule has 0 bridgehead atoms. The van der Waals surface area contributed by atoms with E-state index >= 15 is 0 Å². The van der Waals surface area contributed by atoms with Crippen LogP contribution in [0.1, 0.15) is 40.7 Å². The van der Waals surface area contributed by atoms with Gasteiger partial charge in [-0.25, -0.2) is 4.79 Å². The van der Waals surface area contributed by atoms with Gasteiger partial charge < -0.3 is 25.4 Å². The van der Waals surface area contributed by atoms with Crippen LogP contribution in [-0.4, -0.2) is 46.6 Å². The van der Waals surface area contributed by atoms with Gasteiger partial charge >= 0.3 is 12.1 Å². The third kappa shape index (κ3) is 5.65. The normalized spacial score (nSPS) is 14.0. The van der Waals surface area contributed by atoms with Gasteiger partial charge in [0.15, 0.2) is 0 Å². The van der Waals surface area contributed by atoms with Crippen LogP contribution in [0.5, 0.6) is 0 Å². The molecule has 4 N–H and O–H groups in total. The van der Waals surface area contributed by atoms with E-state index in [0.717, 1.165) is 22.3 Å². The molecule has 0 radical (unpaired) electrons. The summed E-state index contributed by atoms with van der Waals surface area (Å²) in [6, 6.07) is 20.6. The lowest BCUT2D eigenvalue weighted by Crippen LogP contribution is -2.31. The number of rotatable bonds is 9. The summed E-state index contributed by atoms with van der Waals surface area (Å²) in [6.07, 6.45) is -3.46. The predicted molar refractivity (Wildman–Crippen MR) is 131 cm³/mol. The highest BCUT2D eigenvalue weighted by Gasteiger charge is 2.29. The number of carboxylic acid groups (broad SMARTS) is 1. The van der Waals surface area contributed by atoms with Crippen molar-refractivity contribution in [2.75, 3.05) is 13.2 Å². The molecule has 3 aromatic carbocycles. The van der Waals surface area contributed by atoms with Crippen molar-refractivity contribution in [3.05, 3.63) is 94.0 Å². The second-order valence-corrected chi connectivity index (χ2v) is 8.90. The Morgan fingerprint density at radius 1 is 0.971 bits per heavy atom. The summed E-state index contributed by atoms with van der Waals surface area (Å²) in [5, 5.41) is 33.0. The first-order valence-electron chi connectivity index (χ1n) is 11.3. The SMILES string of the molecule is O=C(O)Cc1cc(Cl)ccc1C(O)C(O)CCNC(=O)OCC1c2ccccc2-c2ccccc21. The second kappa shape index (κ2) is 10.9. The average molecular weight is 496 g/mol. The van der Waals surface area contributed by atoms with E-state index in [1.807, 2.05) is 36.4 Å². The average Bonchev–Trinajstić information content (AvgIpc) is 3.16.